The van der Waals surface area contributed by atoms with Gasteiger partial charge in [0.1, 0.15) is 0 Å². The minimum atomic E-state index is -0.0987. The number of thiophene rings is 1. The number of hydrogen-bond donors (Lipinski definition) is 0. The van der Waals surface area contributed by atoms with Gasteiger partial charge in [-0.1, -0.05) is 196 Å². The molecule has 1 aliphatic rings. The molecular weight excluding hydrogens is 779 g/mol. The smallest absolute Gasteiger partial charge is 0.0555 e. The van der Waals surface area contributed by atoms with E-state index >= 15 is 0 Å². The van der Waals surface area contributed by atoms with Crippen molar-refractivity contribution in [2.24, 2.45) is 0 Å². The molecule has 0 spiro atoms. The fourth-order valence-electron chi connectivity index (χ4n) is 10.0. The number of rotatable bonds is 7. The van der Waals surface area contributed by atoms with Crippen LogP contribution >= 0.6 is 11.3 Å². The third kappa shape index (κ3) is 6.29. The Hall–Kier alpha value is -7.52. The van der Waals surface area contributed by atoms with Crippen LogP contribution in [0.2, 0.25) is 0 Å². The molecule has 0 saturated heterocycles. The highest BCUT2D eigenvalue weighted by Crippen LogP contribution is 2.55. The van der Waals surface area contributed by atoms with Gasteiger partial charge in [-0.15, -0.1) is 11.3 Å². The maximum atomic E-state index is 2.51. The molecule has 12 rings (SSSR count). The Balaban J connectivity index is 0.855. The molecule has 0 atom stereocenters. The molecule has 1 heterocycles. The molecule has 298 valence electrons. The van der Waals surface area contributed by atoms with Crippen LogP contribution in [0.15, 0.2) is 224 Å². The first-order valence-electron chi connectivity index (χ1n) is 21.8. The second kappa shape index (κ2) is 14.8. The Kier molecular flexibility index (Phi) is 8.77. The fraction of sp³-hybridized carbons (Fsp3) is 0.0492. The van der Waals surface area contributed by atoms with Crippen molar-refractivity contribution in [1.29, 1.82) is 0 Å². The summed E-state index contributed by atoms with van der Waals surface area (Å²) in [5, 5.41) is 5.12. The van der Waals surface area contributed by atoms with Gasteiger partial charge in [0.15, 0.2) is 0 Å². The average Bonchev–Trinajstić information content (AvgIpc) is 3.84. The minimum absolute atomic E-state index is 0.0987. The highest BCUT2D eigenvalue weighted by Gasteiger charge is 2.38. The van der Waals surface area contributed by atoms with Gasteiger partial charge in [-0.25, -0.2) is 0 Å². The molecule has 1 nitrogen and oxygen atoms in total. The summed E-state index contributed by atoms with van der Waals surface area (Å²) < 4.78 is 2.60. The standard InChI is InChI=1S/C61H43NS/c1-61(2)53-15-7-5-13-51(53)59-54(61)16-9-17-55(59)62(56-18-10-20-58-60(56)52-14-6-8-19-57(52)63-58)50-37-35-46(36-38-50)45-27-25-42(26-28-45)41-21-23-43(24-22-41)44-29-31-47(32-30-44)49-34-33-40-11-3-4-12-48(40)39-49/h3-39H,1-2H3. The zero-order chi connectivity index (χ0) is 42.1. The van der Waals surface area contributed by atoms with Gasteiger partial charge in [0.2, 0.25) is 0 Å². The minimum Gasteiger partial charge on any atom is -0.309 e. The van der Waals surface area contributed by atoms with Gasteiger partial charge in [0, 0.05) is 36.8 Å². The van der Waals surface area contributed by atoms with Crippen LogP contribution in [0.4, 0.5) is 17.1 Å². The van der Waals surface area contributed by atoms with Crippen molar-refractivity contribution in [3.63, 3.8) is 0 Å². The molecule has 0 bridgehead atoms. The average molecular weight is 822 g/mol. The van der Waals surface area contributed by atoms with Crippen molar-refractivity contribution in [3.05, 3.63) is 236 Å². The van der Waals surface area contributed by atoms with Crippen LogP contribution in [0.3, 0.4) is 0 Å². The monoisotopic (exact) mass is 821 g/mol. The van der Waals surface area contributed by atoms with Crippen molar-refractivity contribution < 1.29 is 0 Å². The van der Waals surface area contributed by atoms with E-state index in [1.165, 1.54) is 109 Å². The Morgan fingerprint density at radius 2 is 0.841 bits per heavy atom. The first-order valence-corrected chi connectivity index (χ1v) is 22.6. The summed E-state index contributed by atoms with van der Waals surface area (Å²) in [7, 11) is 0. The van der Waals surface area contributed by atoms with Gasteiger partial charge in [-0.3, -0.25) is 0 Å². The Morgan fingerprint density at radius 3 is 1.51 bits per heavy atom. The highest BCUT2D eigenvalue weighted by molar-refractivity contribution is 7.26. The second-order valence-electron chi connectivity index (χ2n) is 17.3. The maximum Gasteiger partial charge on any atom is 0.0555 e. The lowest BCUT2D eigenvalue weighted by Gasteiger charge is -2.29. The molecule has 1 aromatic heterocycles. The highest BCUT2D eigenvalue weighted by atomic mass is 32.1. The summed E-state index contributed by atoms with van der Waals surface area (Å²) in [5.74, 6) is 0. The molecule has 0 unspecified atom stereocenters. The predicted molar refractivity (Wildman–Crippen MR) is 271 cm³/mol. The van der Waals surface area contributed by atoms with E-state index in [9.17, 15) is 0 Å². The number of hydrogen-bond acceptors (Lipinski definition) is 2. The molecule has 11 aromatic rings. The summed E-state index contributed by atoms with van der Waals surface area (Å²) in [4.78, 5) is 2.51. The third-order valence-corrected chi connectivity index (χ3v) is 14.4. The van der Waals surface area contributed by atoms with Gasteiger partial charge in [-0.2, -0.15) is 0 Å². The van der Waals surface area contributed by atoms with Gasteiger partial charge >= 0.3 is 0 Å². The van der Waals surface area contributed by atoms with E-state index < -0.39 is 0 Å². The van der Waals surface area contributed by atoms with E-state index in [0.29, 0.717) is 0 Å². The van der Waals surface area contributed by atoms with Crippen LogP contribution in [0.5, 0.6) is 0 Å². The fourth-order valence-corrected chi connectivity index (χ4v) is 11.1. The molecule has 0 radical (unpaired) electrons. The summed E-state index contributed by atoms with van der Waals surface area (Å²) in [5.41, 5.74) is 18.5. The van der Waals surface area contributed by atoms with Crippen LogP contribution < -0.4 is 4.90 Å². The largest absolute Gasteiger partial charge is 0.309 e. The maximum absolute atomic E-state index is 2.51. The Bertz CT molecular complexity index is 3500. The van der Waals surface area contributed by atoms with Crippen molar-refractivity contribution in [3.8, 4) is 55.6 Å². The van der Waals surface area contributed by atoms with Crippen LogP contribution in [0.25, 0.3) is 86.6 Å². The van der Waals surface area contributed by atoms with Crippen LogP contribution in [-0.4, -0.2) is 0 Å². The van der Waals surface area contributed by atoms with E-state index in [0.717, 1.165) is 5.69 Å². The van der Waals surface area contributed by atoms with Crippen LogP contribution in [-0.2, 0) is 5.41 Å². The summed E-state index contributed by atoms with van der Waals surface area (Å²) in [6.07, 6.45) is 0. The van der Waals surface area contributed by atoms with Crippen molar-refractivity contribution in [2.75, 3.05) is 4.90 Å². The van der Waals surface area contributed by atoms with E-state index in [1.807, 2.05) is 11.3 Å². The zero-order valence-corrected chi connectivity index (χ0v) is 36.0. The molecule has 2 heteroatoms. The lowest BCUT2D eigenvalue weighted by molar-refractivity contribution is 0.660. The van der Waals surface area contributed by atoms with Gasteiger partial charge in [0.25, 0.3) is 0 Å². The van der Waals surface area contributed by atoms with E-state index in [4.69, 9.17) is 0 Å². The predicted octanol–water partition coefficient (Wildman–Crippen LogP) is 17.7. The molecule has 10 aromatic carbocycles. The first kappa shape index (κ1) is 37.3. The molecule has 0 saturated carbocycles. The lowest BCUT2D eigenvalue weighted by atomic mass is 9.82. The van der Waals surface area contributed by atoms with E-state index in [-0.39, 0.29) is 5.41 Å². The summed E-state index contributed by atoms with van der Waals surface area (Å²) in [6, 6.07) is 82.7. The SMILES string of the molecule is CC1(C)c2ccccc2-c2c(N(c3ccc(-c4ccc(-c5ccc(-c6ccc(-c7ccc8ccccc8c7)cc6)cc5)cc4)cc3)c3cccc4sc5ccccc5c34)cccc21. The van der Waals surface area contributed by atoms with Crippen LogP contribution in [0, 0.1) is 0 Å². The van der Waals surface area contributed by atoms with Gasteiger partial charge in [0.05, 0.1) is 11.4 Å². The number of nitrogens with zero attached hydrogens (tertiary/aromatic N) is 1. The number of anilines is 3. The molecule has 63 heavy (non-hydrogen) atoms. The molecule has 0 N–H and O–H groups in total. The molecule has 0 fully saturated rings. The number of benzene rings is 10. The van der Waals surface area contributed by atoms with E-state index in [1.54, 1.807) is 0 Å². The Labute approximate surface area is 372 Å². The lowest BCUT2D eigenvalue weighted by Crippen LogP contribution is -2.16. The molecule has 0 amide bonds. The van der Waals surface area contributed by atoms with Crippen molar-refractivity contribution in [2.45, 2.75) is 19.3 Å². The molecule has 0 aliphatic heterocycles. The topological polar surface area (TPSA) is 3.24 Å². The third-order valence-electron chi connectivity index (χ3n) is 13.3. The van der Waals surface area contributed by atoms with Crippen molar-refractivity contribution in [1.82, 2.24) is 0 Å². The molecule has 1 aliphatic carbocycles. The molecular formula is C61H43NS. The summed E-state index contributed by atoms with van der Waals surface area (Å²) in [6.45, 7) is 4.72. The quantitative estimate of drug-likeness (QED) is 0.155. The Morgan fingerprint density at radius 1 is 0.365 bits per heavy atom. The first-order chi connectivity index (χ1) is 31.0. The zero-order valence-electron chi connectivity index (χ0n) is 35.2. The van der Waals surface area contributed by atoms with E-state index in [2.05, 4.69) is 243 Å². The van der Waals surface area contributed by atoms with Crippen molar-refractivity contribution >= 4 is 59.3 Å². The normalized spacial score (nSPS) is 12.7. The van der Waals surface area contributed by atoms with Gasteiger partial charge < -0.3 is 4.90 Å². The second-order valence-corrected chi connectivity index (χ2v) is 18.4. The summed E-state index contributed by atoms with van der Waals surface area (Å²) >= 11 is 1.87. The number of fused-ring (bicyclic) bond motifs is 7. The van der Waals surface area contributed by atoms with Crippen LogP contribution in [0.1, 0.15) is 25.0 Å². The van der Waals surface area contributed by atoms with Gasteiger partial charge in [-0.05, 0) is 114 Å².